The van der Waals surface area contributed by atoms with E-state index in [-0.39, 0.29) is 0 Å². The molecule has 0 bridgehead atoms. The van der Waals surface area contributed by atoms with Crippen LogP contribution in [0.3, 0.4) is 0 Å². The molecular weight excluding hydrogens is 262 g/mol. The minimum absolute atomic E-state index is 0.440. The fourth-order valence-electron chi connectivity index (χ4n) is 2.49. The van der Waals surface area contributed by atoms with Gasteiger partial charge in [0, 0.05) is 16.7 Å². The number of aromatic nitrogens is 2. The fourth-order valence-corrected chi connectivity index (χ4v) is 2.49. The van der Waals surface area contributed by atoms with E-state index in [9.17, 15) is 4.79 Å². The largest absolute Gasteiger partial charge is 0.366 e. The quantitative estimate of drug-likeness (QED) is 0.772. The number of rotatable bonds is 3. The monoisotopic (exact) mass is 277 g/mol. The van der Waals surface area contributed by atoms with Gasteiger partial charge in [0.2, 0.25) is 5.91 Å². The number of hydrogen-bond acceptors (Lipinski definition) is 2. The average molecular weight is 277 g/mol. The zero-order chi connectivity index (χ0) is 14.8. The molecule has 1 aromatic heterocycles. The van der Waals surface area contributed by atoms with Crippen molar-refractivity contribution < 1.29 is 4.79 Å². The van der Waals surface area contributed by atoms with Gasteiger partial charge in [-0.3, -0.25) is 9.89 Å². The molecule has 104 valence electrons. The molecule has 4 nitrogen and oxygen atoms in total. The third kappa shape index (κ3) is 2.31. The maximum atomic E-state index is 11.7. The smallest absolute Gasteiger partial charge is 0.249 e. The predicted octanol–water partition coefficient (Wildman–Crippen LogP) is 3.15. The first-order valence-corrected chi connectivity index (χ1v) is 6.68. The first kappa shape index (κ1) is 13.1. The van der Waals surface area contributed by atoms with Crippen LogP contribution in [0.15, 0.2) is 54.6 Å². The number of aromatic amines is 1. The Kier molecular flexibility index (Phi) is 3.28. The highest BCUT2D eigenvalue weighted by Gasteiger charge is 2.18. The van der Waals surface area contributed by atoms with E-state index in [4.69, 9.17) is 5.73 Å². The van der Waals surface area contributed by atoms with Crippen molar-refractivity contribution in [3.05, 3.63) is 65.9 Å². The van der Waals surface area contributed by atoms with Gasteiger partial charge in [-0.05, 0) is 18.6 Å². The van der Waals surface area contributed by atoms with Gasteiger partial charge in [0.25, 0.3) is 0 Å². The second-order valence-corrected chi connectivity index (χ2v) is 4.83. The third-order valence-electron chi connectivity index (χ3n) is 3.47. The lowest BCUT2D eigenvalue weighted by molar-refractivity contribution is 0.100. The van der Waals surface area contributed by atoms with Crippen LogP contribution in [0.5, 0.6) is 0 Å². The van der Waals surface area contributed by atoms with Crippen molar-refractivity contribution in [1.82, 2.24) is 10.2 Å². The van der Waals surface area contributed by atoms with Crippen LogP contribution >= 0.6 is 0 Å². The van der Waals surface area contributed by atoms with Crippen LogP contribution in [0, 0.1) is 6.92 Å². The summed E-state index contributed by atoms with van der Waals surface area (Å²) in [4.78, 5) is 11.7. The number of nitrogens with zero attached hydrogens (tertiary/aromatic N) is 1. The van der Waals surface area contributed by atoms with Crippen molar-refractivity contribution in [2.45, 2.75) is 6.92 Å². The van der Waals surface area contributed by atoms with Gasteiger partial charge < -0.3 is 5.73 Å². The number of H-pyrrole nitrogens is 1. The molecule has 1 heterocycles. The summed E-state index contributed by atoms with van der Waals surface area (Å²) in [6.45, 7) is 1.91. The first-order valence-electron chi connectivity index (χ1n) is 6.68. The number of nitrogens with one attached hydrogen (secondary N) is 1. The molecule has 0 fully saturated rings. The second-order valence-electron chi connectivity index (χ2n) is 4.83. The number of primary amides is 1. The Bertz CT molecular complexity index is 791. The fraction of sp³-hybridized carbons (Fsp3) is 0.0588. The van der Waals surface area contributed by atoms with E-state index >= 15 is 0 Å². The molecule has 3 aromatic rings. The second kappa shape index (κ2) is 5.25. The van der Waals surface area contributed by atoms with Crippen molar-refractivity contribution in [2.24, 2.45) is 5.73 Å². The van der Waals surface area contributed by atoms with E-state index < -0.39 is 5.91 Å². The molecule has 0 atom stereocenters. The standard InChI is InChI=1S/C17H15N3O/c1-11-15(13-9-5-6-10-14(13)17(18)21)16(20-19-11)12-7-3-2-4-8-12/h2-10H,1H3,(H2,18,21)(H,19,20). The molecule has 0 spiro atoms. The number of amides is 1. The van der Waals surface area contributed by atoms with Gasteiger partial charge in [0.15, 0.2) is 0 Å². The van der Waals surface area contributed by atoms with E-state index in [2.05, 4.69) is 10.2 Å². The number of carbonyl (C=O) groups excluding carboxylic acids is 1. The summed E-state index contributed by atoms with van der Waals surface area (Å²) in [7, 11) is 0. The Morgan fingerprint density at radius 2 is 1.71 bits per heavy atom. The lowest BCUT2D eigenvalue weighted by Gasteiger charge is -2.08. The molecule has 0 saturated heterocycles. The van der Waals surface area contributed by atoms with Gasteiger partial charge in [0.05, 0.1) is 11.4 Å². The van der Waals surface area contributed by atoms with Crippen LogP contribution in [0.4, 0.5) is 0 Å². The molecule has 0 aliphatic carbocycles. The van der Waals surface area contributed by atoms with Crippen LogP contribution < -0.4 is 5.73 Å². The summed E-state index contributed by atoms with van der Waals surface area (Å²) in [6, 6.07) is 17.2. The molecule has 1 amide bonds. The van der Waals surface area contributed by atoms with E-state index in [1.165, 1.54) is 0 Å². The topological polar surface area (TPSA) is 71.8 Å². The van der Waals surface area contributed by atoms with Gasteiger partial charge in [0.1, 0.15) is 0 Å². The number of benzene rings is 2. The van der Waals surface area contributed by atoms with Crippen LogP contribution in [0.25, 0.3) is 22.4 Å². The zero-order valence-electron chi connectivity index (χ0n) is 11.6. The number of aryl methyl sites for hydroxylation is 1. The van der Waals surface area contributed by atoms with Crippen LogP contribution in [-0.2, 0) is 0 Å². The summed E-state index contributed by atoms with van der Waals surface area (Å²) < 4.78 is 0. The van der Waals surface area contributed by atoms with Gasteiger partial charge >= 0.3 is 0 Å². The van der Waals surface area contributed by atoms with E-state index in [1.54, 1.807) is 12.1 Å². The molecule has 21 heavy (non-hydrogen) atoms. The minimum atomic E-state index is -0.440. The Balaban J connectivity index is 2.25. The van der Waals surface area contributed by atoms with E-state index in [0.29, 0.717) is 5.56 Å². The number of hydrogen-bond donors (Lipinski definition) is 2. The maximum Gasteiger partial charge on any atom is 0.249 e. The highest BCUT2D eigenvalue weighted by molar-refractivity contribution is 6.01. The molecule has 4 heteroatoms. The first-order chi connectivity index (χ1) is 10.2. The average Bonchev–Trinajstić information content (AvgIpc) is 2.89. The van der Waals surface area contributed by atoms with Crippen molar-refractivity contribution in [1.29, 1.82) is 0 Å². The third-order valence-corrected chi connectivity index (χ3v) is 3.47. The van der Waals surface area contributed by atoms with Crippen molar-refractivity contribution >= 4 is 5.91 Å². The molecule has 0 unspecified atom stereocenters. The SMILES string of the molecule is Cc1n[nH]c(-c2ccccc2)c1-c1ccccc1C(N)=O. The minimum Gasteiger partial charge on any atom is -0.366 e. The Morgan fingerprint density at radius 3 is 2.43 bits per heavy atom. The van der Waals surface area contributed by atoms with Crippen LogP contribution in [0.2, 0.25) is 0 Å². The van der Waals surface area contributed by atoms with Gasteiger partial charge in [-0.15, -0.1) is 0 Å². The Morgan fingerprint density at radius 1 is 1.05 bits per heavy atom. The summed E-state index contributed by atoms with van der Waals surface area (Å²) >= 11 is 0. The van der Waals surface area contributed by atoms with Crippen LogP contribution in [0.1, 0.15) is 16.1 Å². The molecule has 0 radical (unpaired) electrons. The van der Waals surface area contributed by atoms with Crippen molar-refractivity contribution in [2.75, 3.05) is 0 Å². The molecular formula is C17H15N3O. The van der Waals surface area contributed by atoms with Gasteiger partial charge in [-0.1, -0.05) is 48.5 Å². The summed E-state index contributed by atoms with van der Waals surface area (Å²) in [5.41, 5.74) is 10.4. The van der Waals surface area contributed by atoms with Crippen molar-refractivity contribution in [3.63, 3.8) is 0 Å². The predicted molar refractivity (Wildman–Crippen MR) is 82.7 cm³/mol. The Hall–Kier alpha value is -2.88. The summed E-state index contributed by atoms with van der Waals surface area (Å²) in [5.74, 6) is -0.440. The van der Waals surface area contributed by atoms with E-state index in [0.717, 1.165) is 28.1 Å². The van der Waals surface area contributed by atoms with Crippen LogP contribution in [-0.4, -0.2) is 16.1 Å². The molecule has 3 rings (SSSR count). The lowest BCUT2D eigenvalue weighted by Crippen LogP contribution is -2.12. The number of carbonyl (C=O) groups is 1. The maximum absolute atomic E-state index is 11.7. The molecule has 0 aliphatic rings. The highest BCUT2D eigenvalue weighted by atomic mass is 16.1. The normalized spacial score (nSPS) is 10.5. The summed E-state index contributed by atoms with van der Waals surface area (Å²) in [6.07, 6.45) is 0. The molecule has 3 N–H and O–H groups in total. The lowest BCUT2D eigenvalue weighted by atomic mass is 9.95. The van der Waals surface area contributed by atoms with Gasteiger partial charge in [-0.2, -0.15) is 5.10 Å². The van der Waals surface area contributed by atoms with Crippen molar-refractivity contribution in [3.8, 4) is 22.4 Å². The Labute approximate surface area is 122 Å². The highest BCUT2D eigenvalue weighted by Crippen LogP contribution is 2.34. The number of nitrogens with two attached hydrogens (primary N) is 1. The summed E-state index contributed by atoms with van der Waals surface area (Å²) in [5, 5.41) is 7.35. The van der Waals surface area contributed by atoms with Gasteiger partial charge in [-0.25, -0.2) is 0 Å². The molecule has 0 aliphatic heterocycles. The molecule has 2 aromatic carbocycles. The zero-order valence-corrected chi connectivity index (χ0v) is 11.6. The molecule has 0 saturated carbocycles. The van der Waals surface area contributed by atoms with E-state index in [1.807, 2.05) is 49.4 Å².